The predicted molar refractivity (Wildman–Crippen MR) is 110 cm³/mol. The van der Waals surface area contributed by atoms with Crippen LogP contribution in [0.1, 0.15) is 32.8 Å². The lowest BCUT2D eigenvalue weighted by Gasteiger charge is -2.07. The normalized spacial score (nSPS) is 10.8. The fraction of sp³-hybridized carbons (Fsp3) is 0.130. The molecule has 0 aliphatic carbocycles. The number of rotatable bonds is 6. The molecule has 1 aromatic heterocycles. The van der Waals surface area contributed by atoms with Crippen molar-refractivity contribution in [1.29, 1.82) is 0 Å². The van der Waals surface area contributed by atoms with E-state index in [0.717, 1.165) is 16.7 Å². The van der Waals surface area contributed by atoms with E-state index in [4.69, 9.17) is 4.42 Å². The summed E-state index contributed by atoms with van der Waals surface area (Å²) in [5.41, 5.74) is 4.86. The first-order valence-electron chi connectivity index (χ1n) is 8.98. The van der Waals surface area contributed by atoms with Gasteiger partial charge in [0.1, 0.15) is 0 Å². The van der Waals surface area contributed by atoms with Gasteiger partial charge in [0.15, 0.2) is 5.76 Å². The number of aryl methyl sites for hydroxylation is 2. The number of carbonyl (C=O) groups is 2. The van der Waals surface area contributed by atoms with Gasteiger partial charge >= 0.3 is 0 Å². The van der Waals surface area contributed by atoms with E-state index in [9.17, 15) is 9.59 Å². The molecule has 0 fully saturated rings. The second kappa shape index (κ2) is 8.86. The number of hydrogen-bond acceptors (Lipinski definition) is 3. The number of amides is 2. The van der Waals surface area contributed by atoms with Crippen LogP contribution in [0.4, 0.5) is 5.69 Å². The summed E-state index contributed by atoms with van der Waals surface area (Å²) in [7, 11) is 0. The Morgan fingerprint density at radius 1 is 1.04 bits per heavy atom. The highest BCUT2D eigenvalue weighted by atomic mass is 16.3. The fourth-order valence-corrected chi connectivity index (χ4v) is 2.79. The summed E-state index contributed by atoms with van der Waals surface area (Å²) < 4.78 is 5.08. The topological polar surface area (TPSA) is 71.3 Å². The molecule has 0 spiro atoms. The van der Waals surface area contributed by atoms with E-state index in [-0.39, 0.29) is 17.6 Å². The molecule has 1 heterocycles. The van der Waals surface area contributed by atoms with Crippen molar-refractivity contribution in [2.24, 2.45) is 0 Å². The van der Waals surface area contributed by atoms with E-state index < -0.39 is 0 Å². The highest BCUT2D eigenvalue weighted by molar-refractivity contribution is 6.02. The molecule has 2 amide bonds. The number of anilines is 1. The molecule has 0 saturated heterocycles. The third kappa shape index (κ3) is 5.20. The molecule has 5 nitrogen and oxygen atoms in total. The summed E-state index contributed by atoms with van der Waals surface area (Å²) in [5.74, 6) is -0.247. The average molecular weight is 374 g/mol. The van der Waals surface area contributed by atoms with Gasteiger partial charge in [0.2, 0.25) is 5.91 Å². The van der Waals surface area contributed by atoms with Crippen LogP contribution in [0.5, 0.6) is 0 Å². The van der Waals surface area contributed by atoms with Gasteiger partial charge in [-0.1, -0.05) is 35.9 Å². The van der Waals surface area contributed by atoms with Crippen molar-refractivity contribution in [3.8, 4) is 0 Å². The molecule has 2 N–H and O–H groups in total. The van der Waals surface area contributed by atoms with Gasteiger partial charge in [-0.3, -0.25) is 9.59 Å². The van der Waals surface area contributed by atoms with Crippen molar-refractivity contribution in [3.05, 3.63) is 95.0 Å². The molecule has 0 aliphatic heterocycles. The predicted octanol–water partition coefficient (Wildman–Crippen LogP) is 4.48. The van der Waals surface area contributed by atoms with Crippen molar-refractivity contribution >= 4 is 23.6 Å². The monoisotopic (exact) mass is 374 g/mol. The second-order valence-electron chi connectivity index (χ2n) is 6.54. The summed E-state index contributed by atoms with van der Waals surface area (Å²) in [5, 5.41) is 5.62. The van der Waals surface area contributed by atoms with E-state index in [1.807, 2.05) is 50.3 Å². The molecule has 142 valence electrons. The Morgan fingerprint density at radius 2 is 1.89 bits per heavy atom. The number of hydrogen-bond donors (Lipinski definition) is 2. The van der Waals surface area contributed by atoms with Crippen molar-refractivity contribution < 1.29 is 14.0 Å². The van der Waals surface area contributed by atoms with Crippen LogP contribution >= 0.6 is 0 Å². The largest absolute Gasteiger partial charge is 0.459 e. The Labute approximate surface area is 164 Å². The van der Waals surface area contributed by atoms with Crippen LogP contribution in [0.2, 0.25) is 0 Å². The summed E-state index contributed by atoms with van der Waals surface area (Å²) in [6, 6.07) is 16.7. The van der Waals surface area contributed by atoms with Crippen LogP contribution in [-0.4, -0.2) is 11.8 Å². The molecule has 0 unspecified atom stereocenters. The van der Waals surface area contributed by atoms with Crippen molar-refractivity contribution in [2.45, 2.75) is 20.4 Å². The number of nitrogens with one attached hydrogen (secondary N) is 2. The zero-order chi connectivity index (χ0) is 19.9. The number of benzene rings is 2. The lowest BCUT2D eigenvalue weighted by atomic mass is 10.1. The van der Waals surface area contributed by atoms with E-state index in [0.29, 0.717) is 12.2 Å². The van der Waals surface area contributed by atoms with Gasteiger partial charge in [-0.15, -0.1) is 0 Å². The molecule has 5 heteroatoms. The highest BCUT2D eigenvalue weighted by Gasteiger charge is 2.08. The summed E-state index contributed by atoms with van der Waals surface area (Å²) >= 11 is 0. The molecule has 3 rings (SSSR count). The van der Waals surface area contributed by atoms with E-state index in [1.165, 1.54) is 17.9 Å². The zero-order valence-corrected chi connectivity index (χ0v) is 15.9. The van der Waals surface area contributed by atoms with E-state index in [2.05, 4.69) is 16.7 Å². The Bertz CT molecular complexity index is 1000. The van der Waals surface area contributed by atoms with Crippen LogP contribution in [0.25, 0.3) is 6.08 Å². The zero-order valence-electron chi connectivity index (χ0n) is 15.9. The lowest BCUT2D eigenvalue weighted by molar-refractivity contribution is -0.116. The van der Waals surface area contributed by atoms with Gasteiger partial charge in [0.05, 0.1) is 6.26 Å². The van der Waals surface area contributed by atoms with Crippen LogP contribution in [0.15, 0.2) is 71.4 Å². The Balaban J connectivity index is 1.56. The molecule has 0 saturated carbocycles. The minimum absolute atomic E-state index is 0.176. The van der Waals surface area contributed by atoms with Crippen molar-refractivity contribution in [1.82, 2.24) is 5.32 Å². The van der Waals surface area contributed by atoms with Crippen LogP contribution in [0, 0.1) is 13.8 Å². The Hall–Kier alpha value is -3.60. The number of carbonyl (C=O) groups excluding carboxylic acids is 2. The van der Waals surface area contributed by atoms with Gasteiger partial charge < -0.3 is 15.1 Å². The molecule has 0 aliphatic rings. The molecular formula is C23H22N2O3. The fourth-order valence-electron chi connectivity index (χ4n) is 2.79. The maximum absolute atomic E-state index is 12.1. The van der Waals surface area contributed by atoms with Gasteiger partial charge in [-0.05, 0) is 60.9 Å². The summed E-state index contributed by atoms with van der Waals surface area (Å²) in [6.45, 7) is 4.42. The lowest BCUT2D eigenvalue weighted by Crippen LogP contribution is -2.20. The first-order valence-corrected chi connectivity index (χ1v) is 8.98. The van der Waals surface area contributed by atoms with E-state index in [1.54, 1.807) is 18.2 Å². The first kappa shape index (κ1) is 19.2. The molecule has 0 atom stereocenters. The maximum Gasteiger partial charge on any atom is 0.291 e. The molecular weight excluding hydrogens is 352 g/mol. The molecule has 0 radical (unpaired) electrons. The number of furan rings is 1. The van der Waals surface area contributed by atoms with E-state index >= 15 is 0 Å². The Kier molecular flexibility index (Phi) is 6.07. The quantitative estimate of drug-likeness (QED) is 0.625. The van der Waals surface area contributed by atoms with Crippen LogP contribution in [0.3, 0.4) is 0 Å². The molecule has 28 heavy (non-hydrogen) atoms. The highest BCUT2D eigenvalue weighted by Crippen LogP contribution is 2.14. The standard InChI is InChI=1S/C23H22N2O3/c1-16-8-9-19(17(2)13-16)10-11-22(26)24-15-18-5-3-6-20(14-18)25-23(27)21-7-4-12-28-21/h3-14H,15H2,1-2H3,(H,24,26)(H,25,27)/b11-10+. The smallest absolute Gasteiger partial charge is 0.291 e. The van der Waals surface area contributed by atoms with Gasteiger partial charge in [-0.25, -0.2) is 0 Å². The maximum atomic E-state index is 12.1. The molecule has 2 aromatic carbocycles. The minimum Gasteiger partial charge on any atom is -0.459 e. The molecule has 0 bridgehead atoms. The molecule has 3 aromatic rings. The van der Waals surface area contributed by atoms with Crippen LogP contribution in [-0.2, 0) is 11.3 Å². The van der Waals surface area contributed by atoms with Crippen molar-refractivity contribution in [2.75, 3.05) is 5.32 Å². The third-order valence-electron chi connectivity index (χ3n) is 4.24. The summed E-state index contributed by atoms with van der Waals surface area (Å²) in [4.78, 5) is 24.1. The third-order valence-corrected chi connectivity index (χ3v) is 4.24. The van der Waals surface area contributed by atoms with Crippen LogP contribution < -0.4 is 10.6 Å². The summed E-state index contributed by atoms with van der Waals surface area (Å²) in [6.07, 6.45) is 4.79. The van der Waals surface area contributed by atoms with Crippen molar-refractivity contribution in [3.63, 3.8) is 0 Å². The van der Waals surface area contributed by atoms with Gasteiger partial charge in [0, 0.05) is 18.3 Å². The SMILES string of the molecule is Cc1ccc(/C=C/C(=O)NCc2cccc(NC(=O)c3ccco3)c2)c(C)c1. The minimum atomic E-state index is -0.317. The first-order chi connectivity index (χ1) is 13.5. The second-order valence-corrected chi connectivity index (χ2v) is 6.54. The average Bonchev–Trinajstić information content (AvgIpc) is 3.21. The van der Waals surface area contributed by atoms with Gasteiger partial charge in [-0.2, -0.15) is 0 Å². The van der Waals surface area contributed by atoms with Gasteiger partial charge in [0.25, 0.3) is 5.91 Å². The Morgan fingerprint density at radius 3 is 2.64 bits per heavy atom.